The van der Waals surface area contributed by atoms with Gasteiger partial charge in [0.05, 0.1) is 18.6 Å². The number of methoxy groups -OCH3 is 1. The Kier molecular flexibility index (Phi) is 7.41. The number of carbonyl (C=O) groups is 1. The Labute approximate surface area is 201 Å². The smallest absolute Gasteiger partial charge is 0.266 e. The lowest BCUT2D eigenvalue weighted by Crippen LogP contribution is -2.42. The second kappa shape index (κ2) is 10.5. The van der Waals surface area contributed by atoms with E-state index in [4.69, 9.17) is 10.1 Å². The SMILES string of the molecule is COc1ccc(C(=O)NCCc2ccc(S(=O)(=O)N3CCN(C4CCCCC4)C3=N)cc2)cc1. The largest absolute Gasteiger partial charge is 0.497 e. The molecule has 1 aliphatic carbocycles. The summed E-state index contributed by atoms with van der Waals surface area (Å²) >= 11 is 0. The number of hydrogen-bond acceptors (Lipinski definition) is 5. The number of amides is 1. The molecule has 1 saturated carbocycles. The van der Waals surface area contributed by atoms with Gasteiger partial charge < -0.3 is 15.0 Å². The predicted molar refractivity (Wildman–Crippen MR) is 131 cm³/mol. The van der Waals surface area contributed by atoms with Gasteiger partial charge in [0, 0.05) is 24.7 Å². The number of carbonyl (C=O) groups excluding carboxylic acids is 1. The number of guanidine groups is 1. The molecular formula is C25H32N4O4S. The molecule has 8 nitrogen and oxygen atoms in total. The first-order valence-corrected chi connectivity index (χ1v) is 13.2. The Morgan fingerprint density at radius 2 is 1.71 bits per heavy atom. The van der Waals surface area contributed by atoms with Crippen molar-refractivity contribution < 1.29 is 17.9 Å². The summed E-state index contributed by atoms with van der Waals surface area (Å²) in [5.74, 6) is 0.617. The van der Waals surface area contributed by atoms with Crippen molar-refractivity contribution in [2.45, 2.75) is 49.5 Å². The maximum absolute atomic E-state index is 13.2. The van der Waals surface area contributed by atoms with Gasteiger partial charge in [-0.05, 0) is 61.2 Å². The Balaban J connectivity index is 1.32. The summed E-state index contributed by atoms with van der Waals surface area (Å²) in [6, 6.07) is 13.9. The van der Waals surface area contributed by atoms with E-state index < -0.39 is 10.0 Å². The van der Waals surface area contributed by atoms with E-state index in [0.29, 0.717) is 37.4 Å². The fraction of sp³-hybridized carbons (Fsp3) is 0.440. The molecule has 1 saturated heterocycles. The molecule has 1 heterocycles. The quantitative estimate of drug-likeness (QED) is 0.599. The Morgan fingerprint density at radius 3 is 2.35 bits per heavy atom. The molecule has 1 aliphatic heterocycles. The van der Waals surface area contributed by atoms with E-state index in [9.17, 15) is 13.2 Å². The normalized spacial score (nSPS) is 17.1. The summed E-state index contributed by atoms with van der Waals surface area (Å²) in [6.07, 6.45) is 6.14. The summed E-state index contributed by atoms with van der Waals surface area (Å²) in [5, 5.41) is 11.4. The van der Waals surface area contributed by atoms with Crippen LogP contribution >= 0.6 is 0 Å². The number of nitrogens with one attached hydrogen (secondary N) is 2. The van der Waals surface area contributed by atoms with Gasteiger partial charge in [-0.3, -0.25) is 10.2 Å². The van der Waals surface area contributed by atoms with Gasteiger partial charge in [0.2, 0.25) is 5.96 Å². The van der Waals surface area contributed by atoms with Crippen LogP contribution in [0, 0.1) is 5.41 Å². The third kappa shape index (κ3) is 5.19. The third-order valence-corrected chi connectivity index (χ3v) is 8.43. The first-order valence-electron chi connectivity index (χ1n) is 11.8. The van der Waals surface area contributed by atoms with Crippen LogP contribution in [0.15, 0.2) is 53.4 Å². The number of nitrogens with zero attached hydrogens (tertiary/aromatic N) is 2. The topological polar surface area (TPSA) is 103 Å². The molecule has 182 valence electrons. The van der Waals surface area contributed by atoms with Gasteiger partial charge in [0.15, 0.2) is 0 Å². The average Bonchev–Trinajstić information content (AvgIpc) is 3.27. The van der Waals surface area contributed by atoms with Crippen LogP contribution in [0.2, 0.25) is 0 Å². The third-order valence-electron chi connectivity index (χ3n) is 6.63. The minimum absolute atomic E-state index is 0.0946. The molecule has 2 aromatic carbocycles. The number of sulfonamides is 1. The van der Waals surface area contributed by atoms with E-state index in [1.165, 1.54) is 10.7 Å². The highest BCUT2D eigenvalue weighted by molar-refractivity contribution is 7.89. The van der Waals surface area contributed by atoms with Crippen LogP contribution < -0.4 is 10.1 Å². The molecule has 34 heavy (non-hydrogen) atoms. The maximum atomic E-state index is 13.2. The highest BCUT2D eigenvalue weighted by Gasteiger charge is 2.38. The molecule has 9 heteroatoms. The minimum Gasteiger partial charge on any atom is -0.497 e. The first-order chi connectivity index (χ1) is 16.4. The molecule has 1 amide bonds. The van der Waals surface area contributed by atoms with Gasteiger partial charge in [-0.25, -0.2) is 12.7 Å². The van der Waals surface area contributed by atoms with Crippen molar-refractivity contribution >= 4 is 21.9 Å². The van der Waals surface area contributed by atoms with E-state index in [1.54, 1.807) is 55.6 Å². The van der Waals surface area contributed by atoms with Crippen LogP contribution in [-0.4, -0.2) is 62.3 Å². The van der Waals surface area contributed by atoms with E-state index in [-0.39, 0.29) is 22.8 Å². The van der Waals surface area contributed by atoms with Crippen molar-refractivity contribution in [3.8, 4) is 5.75 Å². The van der Waals surface area contributed by atoms with Gasteiger partial charge in [-0.2, -0.15) is 0 Å². The molecule has 2 N–H and O–H groups in total. The number of hydrogen-bond donors (Lipinski definition) is 2. The van der Waals surface area contributed by atoms with Gasteiger partial charge in [0.1, 0.15) is 5.75 Å². The lowest BCUT2D eigenvalue weighted by molar-refractivity contribution is 0.0954. The second-order valence-corrected chi connectivity index (χ2v) is 10.6. The highest BCUT2D eigenvalue weighted by atomic mass is 32.2. The van der Waals surface area contributed by atoms with Crippen LogP contribution in [0.5, 0.6) is 5.75 Å². The molecular weight excluding hydrogens is 452 g/mol. The molecule has 0 spiro atoms. The van der Waals surface area contributed by atoms with Crippen LogP contribution in [-0.2, 0) is 16.4 Å². The molecule has 0 radical (unpaired) electrons. The Morgan fingerprint density at radius 1 is 1.03 bits per heavy atom. The van der Waals surface area contributed by atoms with Crippen LogP contribution in [0.1, 0.15) is 48.0 Å². The minimum atomic E-state index is -3.76. The maximum Gasteiger partial charge on any atom is 0.266 e. The molecule has 2 aliphatic rings. The van der Waals surface area contributed by atoms with E-state index >= 15 is 0 Å². The fourth-order valence-corrected chi connectivity index (χ4v) is 6.05. The predicted octanol–water partition coefficient (Wildman–Crippen LogP) is 3.24. The van der Waals surface area contributed by atoms with Crippen molar-refractivity contribution in [2.24, 2.45) is 0 Å². The van der Waals surface area contributed by atoms with Crippen LogP contribution in [0.4, 0.5) is 0 Å². The lowest BCUT2D eigenvalue weighted by atomic mass is 9.94. The summed E-state index contributed by atoms with van der Waals surface area (Å²) in [7, 11) is -2.19. The van der Waals surface area contributed by atoms with E-state index in [2.05, 4.69) is 5.32 Å². The Hall–Kier alpha value is -3.07. The van der Waals surface area contributed by atoms with Crippen LogP contribution in [0.3, 0.4) is 0 Å². The van der Waals surface area contributed by atoms with Crippen molar-refractivity contribution in [1.82, 2.24) is 14.5 Å². The molecule has 4 rings (SSSR count). The van der Waals surface area contributed by atoms with Crippen molar-refractivity contribution in [1.29, 1.82) is 5.41 Å². The van der Waals surface area contributed by atoms with Crippen LogP contribution in [0.25, 0.3) is 0 Å². The van der Waals surface area contributed by atoms with E-state index in [0.717, 1.165) is 31.2 Å². The second-order valence-electron chi connectivity index (χ2n) is 8.76. The highest BCUT2D eigenvalue weighted by Crippen LogP contribution is 2.28. The number of benzene rings is 2. The summed E-state index contributed by atoms with van der Waals surface area (Å²) in [6.45, 7) is 1.33. The fourth-order valence-electron chi connectivity index (χ4n) is 4.66. The molecule has 0 aromatic heterocycles. The summed E-state index contributed by atoms with van der Waals surface area (Å²) in [4.78, 5) is 14.4. The van der Waals surface area contributed by atoms with E-state index in [1.807, 2.05) is 4.90 Å². The molecule has 2 aromatic rings. The lowest BCUT2D eigenvalue weighted by Gasteiger charge is -2.32. The Bertz CT molecular complexity index is 1110. The van der Waals surface area contributed by atoms with Gasteiger partial charge >= 0.3 is 0 Å². The first kappa shape index (κ1) is 24.1. The van der Waals surface area contributed by atoms with Gasteiger partial charge in [-0.1, -0.05) is 31.4 Å². The van der Waals surface area contributed by atoms with Crippen molar-refractivity contribution in [3.05, 3.63) is 59.7 Å². The summed E-state index contributed by atoms with van der Waals surface area (Å²) < 4.78 is 32.7. The molecule has 0 bridgehead atoms. The van der Waals surface area contributed by atoms with Gasteiger partial charge in [-0.15, -0.1) is 0 Å². The average molecular weight is 485 g/mol. The number of rotatable bonds is 8. The zero-order chi connectivity index (χ0) is 24.1. The standard InChI is InChI=1S/C25H32N4O4S/c1-33-22-11-9-20(10-12-22)24(30)27-16-15-19-7-13-23(14-8-19)34(31,32)29-18-17-28(25(29)26)21-5-3-2-4-6-21/h7-14,21,26H,2-6,15-18H2,1H3,(H,27,30). The van der Waals surface area contributed by atoms with Crippen molar-refractivity contribution in [3.63, 3.8) is 0 Å². The number of ether oxygens (including phenoxy) is 1. The molecule has 0 atom stereocenters. The van der Waals surface area contributed by atoms with Gasteiger partial charge in [0.25, 0.3) is 15.9 Å². The van der Waals surface area contributed by atoms with Crippen molar-refractivity contribution in [2.75, 3.05) is 26.7 Å². The summed E-state index contributed by atoms with van der Waals surface area (Å²) in [5.41, 5.74) is 1.48. The molecule has 0 unspecified atom stereocenters. The monoisotopic (exact) mass is 484 g/mol. The molecule has 2 fully saturated rings. The zero-order valence-corrected chi connectivity index (χ0v) is 20.3. The zero-order valence-electron chi connectivity index (χ0n) is 19.5.